The second-order valence-corrected chi connectivity index (χ2v) is 15.7. The highest BCUT2D eigenvalue weighted by Gasteiger charge is 2.29. The molecule has 0 bridgehead atoms. The molecule has 0 aromatic heterocycles. The first-order chi connectivity index (χ1) is 29.0. The third-order valence-corrected chi connectivity index (χ3v) is 10.3. The smallest absolute Gasteiger partial charge is 0.326 e. The predicted molar refractivity (Wildman–Crippen MR) is 224 cm³/mol. The summed E-state index contributed by atoms with van der Waals surface area (Å²) in [5, 5.41) is 29.4. The van der Waals surface area contributed by atoms with Gasteiger partial charge in [-0.3, -0.25) is 28.8 Å². The van der Waals surface area contributed by atoms with E-state index in [0.717, 1.165) is 51.4 Å². The zero-order chi connectivity index (χ0) is 44.1. The number of carbonyl (C=O) groups excluding carboxylic acids is 5. The lowest BCUT2D eigenvalue weighted by molar-refractivity contribution is -0.143. The summed E-state index contributed by atoms with van der Waals surface area (Å²) in [6.45, 7) is 4.12. The molecule has 6 N–H and O–H groups in total. The van der Waals surface area contributed by atoms with E-state index < -0.39 is 18.0 Å². The number of nitrogens with one attached hydrogen (secondary N) is 4. The lowest BCUT2D eigenvalue weighted by Gasteiger charge is -2.28. The molecule has 0 spiro atoms. The molecule has 0 saturated heterocycles. The largest absolute Gasteiger partial charge is 0.481 e. The molecule has 0 aliphatic heterocycles. The third-order valence-electron chi connectivity index (χ3n) is 10.3. The summed E-state index contributed by atoms with van der Waals surface area (Å²) in [6, 6.07) is -1.08. The van der Waals surface area contributed by atoms with Crippen LogP contribution in [0.15, 0.2) is 0 Å². The SMILES string of the molecule is CC(=O)COCCOCCNC(=O)COCCOCCNC(=O)CCC[C@H](NC(=O)C1CCC(CNC(=O)CCCCCCCCCCCCCCC(=O)O)CC1)C(=O)O. The van der Waals surface area contributed by atoms with E-state index in [1.165, 1.54) is 45.4 Å². The van der Waals surface area contributed by atoms with E-state index in [-0.39, 0.29) is 101 Å². The van der Waals surface area contributed by atoms with Crippen LogP contribution in [0.1, 0.15) is 142 Å². The molecule has 0 unspecified atom stereocenters. The Hall–Kier alpha value is -3.67. The van der Waals surface area contributed by atoms with Crippen LogP contribution < -0.4 is 21.3 Å². The number of Topliss-reactive ketones (excluding diaryl/α,β-unsaturated/α-hetero) is 1. The number of ether oxygens (including phenoxy) is 4. The van der Waals surface area contributed by atoms with Gasteiger partial charge in [-0.05, 0) is 64.2 Å². The Bertz CT molecular complexity index is 1210. The summed E-state index contributed by atoms with van der Waals surface area (Å²) in [5.41, 5.74) is 0. The maximum absolute atomic E-state index is 12.9. The minimum absolute atomic E-state index is 0.0539. The number of aliphatic carboxylic acids is 2. The number of unbranched alkanes of at least 4 members (excludes halogenated alkanes) is 11. The molecule has 1 atom stereocenters. The van der Waals surface area contributed by atoms with Crippen molar-refractivity contribution in [1.29, 1.82) is 0 Å². The first-order valence-corrected chi connectivity index (χ1v) is 22.3. The standard InChI is InChI=1S/C43H76N4O13/c1-34(48)32-59-29-27-58-26-24-45-40(51)33-60-30-28-57-25-23-44-38(49)17-14-15-37(43(55)56)47-42(54)36-21-19-35(20-22-36)31-46-39(50)16-12-10-8-6-4-2-3-5-7-9-11-13-18-41(52)53/h35-37H,2-33H2,1H3,(H,44,49)(H,45,51)(H,46,50)(H,47,54)(H,52,53)(H,55,56)/t35?,36?,37-/m0/s1. The van der Waals surface area contributed by atoms with Gasteiger partial charge in [-0.2, -0.15) is 0 Å². The molecular formula is C43H76N4O13. The van der Waals surface area contributed by atoms with E-state index in [9.17, 15) is 38.7 Å². The number of ketones is 1. The van der Waals surface area contributed by atoms with Crippen LogP contribution >= 0.6 is 0 Å². The molecule has 0 aromatic carbocycles. The first kappa shape index (κ1) is 54.3. The molecule has 1 aliphatic carbocycles. The molecule has 1 fully saturated rings. The number of hydrogen-bond donors (Lipinski definition) is 6. The average Bonchev–Trinajstić information content (AvgIpc) is 3.21. The molecule has 0 heterocycles. The Morgan fingerprint density at radius 1 is 0.533 bits per heavy atom. The summed E-state index contributed by atoms with van der Waals surface area (Å²) >= 11 is 0. The molecular weight excluding hydrogens is 780 g/mol. The van der Waals surface area contributed by atoms with Crippen molar-refractivity contribution in [2.45, 2.75) is 148 Å². The van der Waals surface area contributed by atoms with Gasteiger partial charge in [0.05, 0.1) is 39.6 Å². The highest BCUT2D eigenvalue weighted by atomic mass is 16.5. The monoisotopic (exact) mass is 857 g/mol. The number of carboxylic acid groups (broad SMARTS) is 2. The van der Waals surface area contributed by atoms with E-state index in [4.69, 9.17) is 24.1 Å². The van der Waals surface area contributed by atoms with Crippen molar-refractivity contribution in [1.82, 2.24) is 21.3 Å². The van der Waals surface area contributed by atoms with Crippen LogP contribution in [0.5, 0.6) is 0 Å². The maximum Gasteiger partial charge on any atom is 0.326 e. The minimum Gasteiger partial charge on any atom is -0.481 e. The lowest BCUT2D eigenvalue weighted by Crippen LogP contribution is -2.44. The molecule has 346 valence electrons. The Morgan fingerprint density at radius 3 is 1.53 bits per heavy atom. The molecule has 1 rings (SSSR count). The fourth-order valence-electron chi connectivity index (χ4n) is 6.80. The quantitative estimate of drug-likeness (QED) is 0.0477. The Kier molecular flexibility index (Phi) is 33.6. The van der Waals surface area contributed by atoms with Crippen LogP contribution in [-0.2, 0) is 52.5 Å². The molecule has 0 aromatic rings. The van der Waals surface area contributed by atoms with Crippen molar-refractivity contribution < 1.29 is 62.7 Å². The van der Waals surface area contributed by atoms with Crippen LogP contribution in [-0.4, -0.2) is 130 Å². The first-order valence-electron chi connectivity index (χ1n) is 22.3. The van der Waals surface area contributed by atoms with Crippen LogP contribution in [0.25, 0.3) is 0 Å². The number of carboxylic acids is 2. The molecule has 17 heteroatoms. The fourth-order valence-corrected chi connectivity index (χ4v) is 6.80. The second-order valence-electron chi connectivity index (χ2n) is 15.7. The molecule has 4 amide bonds. The Labute approximate surface area is 356 Å². The topological polar surface area (TPSA) is 245 Å². The normalized spacial score (nSPS) is 15.5. The van der Waals surface area contributed by atoms with Gasteiger partial charge in [0, 0.05) is 44.8 Å². The van der Waals surface area contributed by atoms with E-state index in [2.05, 4.69) is 21.3 Å². The number of rotatable bonds is 40. The maximum atomic E-state index is 12.9. The molecule has 1 aliphatic rings. The van der Waals surface area contributed by atoms with Crippen molar-refractivity contribution >= 4 is 41.4 Å². The van der Waals surface area contributed by atoms with Crippen LogP contribution in [0, 0.1) is 11.8 Å². The molecule has 17 nitrogen and oxygen atoms in total. The Balaban J connectivity index is 2.02. The van der Waals surface area contributed by atoms with Gasteiger partial charge >= 0.3 is 11.9 Å². The van der Waals surface area contributed by atoms with Crippen molar-refractivity contribution in [3.05, 3.63) is 0 Å². The van der Waals surface area contributed by atoms with E-state index in [1.54, 1.807) is 0 Å². The van der Waals surface area contributed by atoms with Gasteiger partial charge in [-0.25, -0.2) is 4.79 Å². The zero-order valence-electron chi connectivity index (χ0n) is 36.2. The van der Waals surface area contributed by atoms with E-state index in [1.807, 2.05) is 0 Å². The van der Waals surface area contributed by atoms with E-state index >= 15 is 0 Å². The van der Waals surface area contributed by atoms with E-state index in [0.29, 0.717) is 58.1 Å². The number of carbonyl (C=O) groups is 7. The van der Waals surface area contributed by atoms with Gasteiger partial charge in [-0.15, -0.1) is 0 Å². The molecule has 0 radical (unpaired) electrons. The highest BCUT2D eigenvalue weighted by Crippen LogP contribution is 2.29. The van der Waals surface area contributed by atoms with Gasteiger partial charge in [0.25, 0.3) is 0 Å². The van der Waals surface area contributed by atoms with Gasteiger partial charge in [0.15, 0.2) is 5.78 Å². The number of amides is 4. The van der Waals surface area contributed by atoms with Gasteiger partial charge in [0.1, 0.15) is 19.3 Å². The number of hydrogen-bond acceptors (Lipinski definition) is 11. The molecule has 60 heavy (non-hydrogen) atoms. The fraction of sp³-hybridized carbons (Fsp3) is 0.837. The summed E-state index contributed by atoms with van der Waals surface area (Å²) < 4.78 is 21.0. The van der Waals surface area contributed by atoms with Gasteiger partial charge in [0.2, 0.25) is 23.6 Å². The summed E-state index contributed by atoms with van der Waals surface area (Å²) in [4.78, 5) is 82.4. The van der Waals surface area contributed by atoms with Crippen LogP contribution in [0.3, 0.4) is 0 Å². The summed E-state index contributed by atoms with van der Waals surface area (Å²) in [5.74, 6) is -2.65. The van der Waals surface area contributed by atoms with Crippen LogP contribution in [0.2, 0.25) is 0 Å². The zero-order valence-corrected chi connectivity index (χ0v) is 36.2. The summed E-state index contributed by atoms with van der Waals surface area (Å²) in [7, 11) is 0. The van der Waals surface area contributed by atoms with Crippen molar-refractivity contribution in [2.24, 2.45) is 11.8 Å². The highest BCUT2D eigenvalue weighted by molar-refractivity contribution is 5.85. The van der Waals surface area contributed by atoms with Crippen LogP contribution in [0.4, 0.5) is 0 Å². The second kappa shape index (κ2) is 37.1. The Morgan fingerprint density at radius 2 is 1.00 bits per heavy atom. The lowest BCUT2D eigenvalue weighted by atomic mass is 9.81. The van der Waals surface area contributed by atoms with Crippen molar-refractivity contribution in [2.75, 3.05) is 72.5 Å². The van der Waals surface area contributed by atoms with Gasteiger partial charge < -0.3 is 50.4 Å². The minimum atomic E-state index is -1.14. The predicted octanol–water partition coefficient (Wildman–Crippen LogP) is 4.08. The van der Waals surface area contributed by atoms with Gasteiger partial charge in [-0.1, -0.05) is 64.2 Å². The third kappa shape index (κ3) is 33.1. The average molecular weight is 857 g/mol. The van der Waals surface area contributed by atoms with Crippen molar-refractivity contribution in [3.63, 3.8) is 0 Å². The summed E-state index contributed by atoms with van der Waals surface area (Å²) in [6.07, 6.45) is 17.4. The molecule has 1 saturated carbocycles. The van der Waals surface area contributed by atoms with Crippen molar-refractivity contribution in [3.8, 4) is 0 Å².